The molecule has 2 aliphatic rings. The Morgan fingerprint density at radius 3 is 2.28 bits per heavy atom. The highest BCUT2D eigenvalue weighted by molar-refractivity contribution is 5.91. The molecule has 3 heterocycles. The topological polar surface area (TPSA) is 99.5 Å². The van der Waals surface area contributed by atoms with Gasteiger partial charge in [0, 0.05) is 38.5 Å². The summed E-state index contributed by atoms with van der Waals surface area (Å²) < 4.78 is 23.6. The lowest BCUT2D eigenvalue weighted by atomic mass is 10.00. The smallest absolute Gasteiger partial charge is 0.355 e. The minimum atomic E-state index is -0.520. The van der Waals surface area contributed by atoms with Crippen LogP contribution in [0.25, 0.3) is 0 Å². The molecular weight excluding hydrogens is 416 g/mol. The summed E-state index contributed by atoms with van der Waals surface area (Å²) in [7, 11) is 6.61. The predicted molar refractivity (Wildman–Crippen MR) is 114 cm³/mol. The lowest BCUT2D eigenvalue weighted by molar-refractivity contribution is -0.0154. The molecule has 0 saturated carbocycles. The highest BCUT2D eigenvalue weighted by atomic mass is 16.6. The molecule has 4 rings (SSSR count). The number of nitrogens with zero attached hydrogens (tertiary/aromatic N) is 2. The molecule has 1 aromatic carbocycles. The Bertz CT molecular complexity index is 993. The van der Waals surface area contributed by atoms with Gasteiger partial charge in [-0.3, -0.25) is 4.90 Å². The van der Waals surface area contributed by atoms with E-state index in [2.05, 4.69) is 4.90 Å². The van der Waals surface area contributed by atoms with Crippen LogP contribution in [-0.2, 0) is 16.5 Å². The van der Waals surface area contributed by atoms with Gasteiger partial charge in [-0.2, -0.15) is 0 Å². The van der Waals surface area contributed by atoms with E-state index in [-0.39, 0.29) is 53.1 Å². The molecule has 4 atom stereocenters. The fourth-order valence-corrected chi connectivity index (χ4v) is 4.70. The van der Waals surface area contributed by atoms with Crippen LogP contribution in [-0.4, -0.2) is 72.1 Å². The fraction of sp³-hybridized carbons (Fsp3) is 0.478. The quantitative estimate of drug-likeness (QED) is 0.678. The van der Waals surface area contributed by atoms with Crippen LogP contribution in [0.15, 0.2) is 30.5 Å². The number of phenolic OH excluding ortho intramolecular Hbond substituents is 1. The molecular formula is C23H28N2O7. The van der Waals surface area contributed by atoms with Crippen LogP contribution in [0.4, 0.5) is 0 Å². The minimum Gasteiger partial charge on any atom is -0.502 e. The van der Waals surface area contributed by atoms with Gasteiger partial charge in [0.2, 0.25) is 5.75 Å². The number of hydrogen-bond donors (Lipinski definition) is 1. The maximum atomic E-state index is 12.8. The summed E-state index contributed by atoms with van der Waals surface area (Å²) in [4.78, 5) is 27.6. The molecule has 2 aliphatic heterocycles. The Balaban J connectivity index is 1.44. The summed E-state index contributed by atoms with van der Waals surface area (Å²) in [5.41, 5.74) is 0.738. The van der Waals surface area contributed by atoms with Crippen LogP contribution < -0.4 is 9.47 Å². The molecule has 0 radical (unpaired) electrons. The highest BCUT2D eigenvalue weighted by Crippen LogP contribution is 2.40. The summed E-state index contributed by atoms with van der Waals surface area (Å²) in [6.07, 6.45) is 3.16. The van der Waals surface area contributed by atoms with Gasteiger partial charge in [0.25, 0.3) is 0 Å². The van der Waals surface area contributed by atoms with Gasteiger partial charge in [-0.05, 0) is 31.3 Å². The Hall–Kier alpha value is -3.20. The van der Waals surface area contributed by atoms with Crippen LogP contribution >= 0.6 is 0 Å². The van der Waals surface area contributed by atoms with Crippen LogP contribution in [0.3, 0.4) is 0 Å². The second kappa shape index (κ2) is 8.74. The van der Waals surface area contributed by atoms with Gasteiger partial charge in [0.1, 0.15) is 17.9 Å². The maximum absolute atomic E-state index is 12.8. The zero-order chi connectivity index (χ0) is 23.0. The molecule has 2 aromatic rings. The molecule has 172 valence electrons. The first-order valence-electron chi connectivity index (χ1n) is 10.5. The molecule has 2 bridgehead atoms. The maximum Gasteiger partial charge on any atom is 0.355 e. The van der Waals surface area contributed by atoms with Crippen LogP contribution in [0.1, 0.15) is 40.1 Å². The Kier molecular flexibility index (Phi) is 6.01. The zero-order valence-corrected chi connectivity index (χ0v) is 18.6. The van der Waals surface area contributed by atoms with E-state index in [9.17, 15) is 14.7 Å². The van der Waals surface area contributed by atoms with Gasteiger partial charge < -0.3 is 28.6 Å². The van der Waals surface area contributed by atoms with E-state index in [0.717, 1.165) is 0 Å². The molecule has 1 N–H and O–H groups in total. The molecule has 0 aliphatic carbocycles. The number of methoxy groups -OCH3 is 2. The second-order valence-corrected chi connectivity index (χ2v) is 8.30. The number of benzene rings is 1. The second-order valence-electron chi connectivity index (χ2n) is 8.30. The molecule has 9 nitrogen and oxygen atoms in total. The normalized spacial score (nSPS) is 24.8. The zero-order valence-electron chi connectivity index (χ0n) is 18.6. The summed E-state index contributed by atoms with van der Waals surface area (Å²) >= 11 is 0. The number of aromatic nitrogens is 1. The first-order valence-corrected chi connectivity index (χ1v) is 10.5. The number of fused-ring (bicyclic) bond motifs is 2. The van der Waals surface area contributed by atoms with Crippen molar-refractivity contribution in [1.82, 2.24) is 9.47 Å². The van der Waals surface area contributed by atoms with E-state index in [1.165, 1.54) is 26.4 Å². The van der Waals surface area contributed by atoms with Gasteiger partial charge in [-0.1, -0.05) is 0 Å². The average Bonchev–Trinajstić information content (AvgIpc) is 3.26. The number of aromatic hydroxyl groups is 1. The van der Waals surface area contributed by atoms with Gasteiger partial charge in [0.05, 0.1) is 25.8 Å². The van der Waals surface area contributed by atoms with Crippen molar-refractivity contribution in [3.8, 4) is 17.2 Å². The number of carbonyl (C=O) groups is 2. The van der Waals surface area contributed by atoms with Crippen molar-refractivity contribution in [3.05, 3.63) is 41.7 Å². The number of piperidine rings is 1. The molecule has 1 aromatic heterocycles. The van der Waals surface area contributed by atoms with Crippen molar-refractivity contribution in [2.45, 2.75) is 43.6 Å². The average molecular weight is 444 g/mol. The third-order valence-electron chi connectivity index (χ3n) is 6.47. The Morgan fingerprint density at radius 1 is 1.00 bits per heavy atom. The van der Waals surface area contributed by atoms with E-state index < -0.39 is 5.97 Å². The van der Waals surface area contributed by atoms with E-state index in [0.29, 0.717) is 25.0 Å². The Morgan fingerprint density at radius 2 is 1.69 bits per heavy atom. The molecule has 0 amide bonds. The fourth-order valence-electron chi connectivity index (χ4n) is 4.70. The van der Waals surface area contributed by atoms with E-state index in [1.54, 1.807) is 29.9 Å². The summed E-state index contributed by atoms with van der Waals surface area (Å²) in [5.74, 6) is -0.778. The molecule has 2 fully saturated rings. The number of esters is 2. The van der Waals surface area contributed by atoms with E-state index in [4.69, 9.17) is 18.9 Å². The molecule has 4 unspecified atom stereocenters. The van der Waals surface area contributed by atoms with Gasteiger partial charge >= 0.3 is 11.9 Å². The number of likely N-dealkylation sites (N-methyl/N-ethyl adjacent to an activating group) is 1. The molecule has 0 spiro atoms. The van der Waals surface area contributed by atoms with Crippen molar-refractivity contribution in [2.75, 3.05) is 21.3 Å². The summed E-state index contributed by atoms with van der Waals surface area (Å²) in [6, 6.07) is 6.51. The van der Waals surface area contributed by atoms with E-state index in [1.807, 2.05) is 7.05 Å². The first-order chi connectivity index (χ1) is 15.3. The number of phenols is 1. The van der Waals surface area contributed by atoms with Gasteiger partial charge in [-0.15, -0.1) is 0 Å². The number of ether oxygens (including phenoxy) is 4. The third-order valence-corrected chi connectivity index (χ3v) is 6.47. The summed E-state index contributed by atoms with van der Waals surface area (Å²) in [5, 5.41) is 10.1. The van der Waals surface area contributed by atoms with Crippen molar-refractivity contribution < 1.29 is 33.6 Å². The monoisotopic (exact) mass is 444 g/mol. The standard InChI is InChI=1S/C23H28N2O7/c1-24-7-5-6-16(24)23(28)32-18-11-14-10-15(12-17(18)25(14)2)31-22(27)13-8-19(29-3)21(26)20(9-13)30-4/h5-9,14-15,17-18,26H,10-12H2,1-4H3. The third kappa shape index (κ3) is 4.00. The minimum absolute atomic E-state index is 0.0281. The SMILES string of the molecule is COc1cc(C(=O)OC2CC3CC(OC(=O)c4cccn4C)C(C2)N3C)cc(OC)c1O. The highest BCUT2D eigenvalue weighted by Gasteiger charge is 2.48. The van der Waals surface area contributed by atoms with Crippen molar-refractivity contribution >= 4 is 11.9 Å². The van der Waals surface area contributed by atoms with Crippen LogP contribution in [0.5, 0.6) is 17.2 Å². The Labute approximate surface area is 186 Å². The van der Waals surface area contributed by atoms with Gasteiger partial charge in [0.15, 0.2) is 11.5 Å². The van der Waals surface area contributed by atoms with Crippen molar-refractivity contribution in [3.63, 3.8) is 0 Å². The number of hydrogen-bond acceptors (Lipinski definition) is 8. The predicted octanol–water partition coefficient (Wildman–Crippen LogP) is 2.37. The largest absolute Gasteiger partial charge is 0.502 e. The molecule has 32 heavy (non-hydrogen) atoms. The van der Waals surface area contributed by atoms with Crippen LogP contribution in [0.2, 0.25) is 0 Å². The van der Waals surface area contributed by atoms with E-state index >= 15 is 0 Å². The van der Waals surface area contributed by atoms with Crippen molar-refractivity contribution in [2.24, 2.45) is 7.05 Å². The van der Waals surface area contributed by atoms with Crippen LogP contribution in [0, 0.1) is 0 Å². The lowest BCUT2D eigenvalue weighted by Gasteiger charge is -2.36. The molecule has 9 heteroatoms. The molecule has 2 saturated heterocycles. The number of carbonyl (C=O) groups excluding carboxylic acids is 2. The van der Waals surface area contributed by atoms with Crippen molar-refractivity contribution in [1.29, 1.82) is 0 Å². The number of aryl methyl sites for hydroxylation is 1. The number of rotatable bonds is 6. The lowest BCUT2D eigenvalue weighted by Crippen LogP contribution is -2.46. The first kappa shape index (κ1) is 22.0. The summed E-state index contributed by atoms with van der Waals surface area (Å²) in [6.45, 7) is 0. The van der Waals surface area contributed by atoms with Gasteiger partial charge in [-0.25, -0.2) is 9.59 Å².